The van der Waals surface area contributed by atoms with Crippen molar-refractivity contribution in [3.05, 3.63) is 64.3 Å². The van der Waals surface area contributed by atoms with Crippen LogP contribution in [0.1, 0.15) is 34.9 Å². The van der Waals surface area contributed by atoms with Gasteiger partial charge in [0.05, 0.1) is 11.6 Å². The summed E-state index contributed by atoms with van der Waals surface area (Å²) in [6.45, 7) is 0. The summed E-state index contributed by atoms with van der Waals surface area (Å²) in [6, 6.07) is 8.32. The van der Waals surface area contributed by atoms with E-state index >= 15 is 0 Å². The first kappa shape index (κ1) is 13.2. The Morgan fingerprint density at radius 1 is 1.27 bits per heavy atom. The molecule has 0 amide bonds. The van der Waals surface area contributed by atoms with Crippen LogP contribution in [0.15, 0.2) is 36.7 Å². The summed E-state index contributed by atoms with van der Waals surface area (Å²) < 4.78 is 15.7. The number of hydrogen-bond donors (Lipinski definition) is 0. The van der Waals surface area contributed by atoms with Crippen molar-refractivity contribution in [1.82, 2.24) is 14.6 Å². The molecule has 2 aromatic heterocycles. The molecule has 22 heavy (non-hydrogen) atoms. The van der Waals surface area contributed by atoms with Crippen molar-refractivity contribution in [3.8, 4) is 6.07 Å². The lowest BCUT2D eigenvalue weighted by Gasteiger charge is -2.05. The smallest absolute Gasteiger partial charge is 0.157 e. The fraction of sp³-hybridized carbons (Fsp3) is 0.188. The van der Waals surface area contributed by atoms with Gasteiger partial charge in [0.1, 0.15) is 11.0 Å². The lowest BCUT2D eigenvalue weighted by atomic mass is 10.0. The quantitative estimate of drug-likeness (QED) is 0.725. The summed E-state index contributed by atoms with van der Waals surface area (Å²) in [4.78, 5) is 4.30. The fourth-order valence-corrected chi connectivity index (χ4v) is 3.16. The molecule has 1 saturated carbocycles. The maximum Gasteiger partial charge on any atom is 0.157 e. The van der Waals surface area contributed by atoms with Gasteiger partial charge in [-0.25, -0.2) is 13.9 Å². The predicted octanol–water partition coefficient (Wildman–Crippen LogP) is 3.66. The van der Waals surface area contributed by atoms with Gasteiger partial charge >= 0.3 is 0 Å². The largest absolute Gasteiger partial charge is 0.235 e. The molecule has 1 aliphatic carbocycles. The number of rotatable bonds is 2. The lowest BCUT2D eigenvalue weighted by molar-refractivity contribution is 0.609. The Kier molecular flexibility index (Phi) is 2.88. The second-order valence-corrected chi connectivity index (χ2v) is 5.80. The van der Waals surface area contributed by atoms with E-state index in [1.165, 1.54) is 12.1 Å². The molecule has 6 heteroatoms. The van der Waals surface area contributed by atoms with E-state index in [1.54, 1.807) is 29.0 Å². The highest BCUT2D eigenvalue weighted by atomic mass is 35.5. The monoisotopic (exact) mass is 312 g/mol. The maximum absolute atomic E-state index is 14.1. The number of imidazole rings is 1. The Balaban J connectivity index is 1.75. The third-order valence-electron chi connectivity index (χ3n) is 4.07. The highest BCUT2D eigenvalue weighted by Crippen LogP contribution is 2.56. The minimum Gasteiger partial charge on any atom is -0.235 e. The van der Waals surface area contributed by atoms with Crippen LogP contribution in [-0.2, 0) is 0 Å². The number of nitrogens with zero attached hydrogens (tertiary/aromatic N) is 4. The van der Waals surface area contributed by atoms with Crippen LogP contribution in [0.2, 0.25) is 5.15 Å². The standard InChI is InChI=1S/C16H10ClFN4/c17-15-7-13(16-20-3-4-22(16)21-15)11-6-10(11)12-5-9(8-19)1-2-14(12)18/h1-5,7,10-11H,6H2/t10-,11-/m0/s1. The van der Waals surface area contributed by atoms with Crippen molar-refractivity contribution in [3.63, 3.8) is 0 Å². The first-order valence-electron chi connectivity index (χ1n) is 6.86. The second-order valence-electron chi connectivity index (χ2n) is 5.41. The average molecular weight is 313 g/mol. The highest BCUT2D eigenvalue weighted by molar-refractivity contribution is 6.29. The third-order valence-corrected chi connectivity index (χ3v) is 4.26. The van der Waals surface area contributed by atoms with Gasteiger partial charge in [-0.05, 0) is 48.1 Å². The summed E-state index contributed by atoms with van der Waals surface area (Å²) >= 11 is 6.05. The average Bonchev–Trinajstić information content (AvgIpc) is 3.16. The Hall–Kier alpha value is -2.45. The molecular weight excluding hydrogens is 303 g/mol. The topological polar surface area (TPSA) is 54.0 Å². The van der Waals surface area contributed by atoms with Gasteiger partial charge < -0.3 is 0 Å². The molecule has 108 valence electrons. The molecular formula is C16H10ClFN4. The summed E-state index contributed by atoms with van der Waals surface area (Å²) in [6.07, 6.45) is 4.21. The van der Waals surface area contributed by atoms with Gasteiger partial charge in [-0.2, -0.15) is 10.4 Å². The minimum absolute atomic E-state index is 0.0484. The summed E-state index contributed by atoms with van der Waals surface area (Å²) in [5.74, 6) is -0.0767. The van der Waals surface area contributed by atoms with Crippen molar-refractivity contribution >= 4 is 17.2 Å². The van der Waals surface area contributed by atoms with Crippen LogP contribution < -0.4 is 0 Å². The van der Waals surface area contributed by atoms with E-state index in [4.69, 9.17) is 16.9 Å². The molecule has 0 spiro atoms. The van der Waals surface area contributed by atoms with Crippen molar-refractivity contribution in [2.45, 2.75) is 18.3 Å². The fourth-order valence-electron chi connectivity index (χ4n) is 2.96. The van der Waals surface area contributed by atoms with E-state index < -0.39 is 0 Å². The predicted molar refractivity (Wildman–Crippen MR) is 79.2 cm³/mol. The van der Waals surface area contributed by atoms with Gasteiger partial charge in [-0.1, -0.05) is 11.6 Å². The van der Waals surface area contributed by atoms with Crippen molar-refractivity contribution < 1.29 is 4.39 Å². The van der Waals surface area contributed by atoms with Gasteiger partial charge in [0.2, 0.25) is 0 Å². The first-order chi connectivity index (χ1) is 10.7. The van der Waals surface area contributed by atoms with Crippen LogP contribution in [0.4, 0.5) is 4.39 Å². The van der Waals surface area contributed by atoms with Crippen molar-refractivity contribution in [1.29, 1.82) is 5.26 Å². The van der Waals surface area contributed by atoms with E-state index in [0.29, 0.717) is 16.3 Å². The summed E-state index contributed by atoms with van der Waals surface area (Å²) in [5, 5.41) is 13.5. The second kappa shape index (κ2) is 4.79. The van der Waals surface area contributed by atoms with Crippen molar-refractivity contribution in [2.75, 3.05) is 0 Å². The van der Waals surface area contributed by atoms with Crippen LogP contribution >= 0.6 is 11.6 Å². The summed E-state index contributed by atoms with van der Waals surface area (Å²) in [5.41, 5.74) is 2.77. The number of hydrogen-bond acceptors (Lipinski definition) is 3. The van der Waals surface area contributed by atoms with E-state index in [1.807, 2.05) is 0 Å². The van der Waals surface area contributed by atoms with Crippen LogP contribution in [0.5, 0.6) is 0 Å². The minimum atomic E-state index is -0.272. The molecule has 2 heterocycles. The van der Waals surface area contributed by atoms with Gasteiger partial charge in [0.25, 0.3) is 0 Å². The lowest BCUT2D eigenvalue weighted by Crippen LogP contribution is -1.97. The van der Waals surface area contributed by atoms with Gasteiger partial charge in [0, 0.05) is 18.0 Å². The highest BCUT2D eigenvalue weighted by Gasteiger charge is 2.42. The van der Waals surface area contributed by atoms with Crippen molar-refractivity contribution in [2.24, 2.45) is 0 Å². The Morgan fingerprint density at radius 2 is 2.09 bits per heavy atom. The normalized spacial score (nSPS) is 20.0. The zero-order chi connectivity index (χ0) is 15.3. The van der Waals surface area contributed by atoms with E-state index in [-0.39, 0.29) is 17.7 Å². The Morgan fingerprint density at radius 3 is 2.91 bits per heavy atom. The Labute approximate surface area is 130 Å². The number of halogens is 2. The molecule has 0 saturated heterocycles. The third kappa shape index (κ3) is 2.04. The molecule has 0 bridgehead atoms. The molecule has 0 radical (unpaired) electrons. The molecule has 1 aromatic carbocycles. The SMILES string of the molecule is N#Cc1ccc(F)c([C@H]2C[C@@H]2c2cc(Cl)nn3ccnc23)c1. The molecule has 3 aromatic rings. The Bertz CT molecular complexity index is 928. The molecule has 0 aliphatic heterocycles. The molecule has 1 fully saturated rings. The van der Waals surface area contributed by atoms with Gasteiger partial charge in [-0.15, -0.1) is 0 Å². The molecule has 1 aliphatic rings. The zero-order valence-corrected chi connectivity index (χ0v) is 12.1. The van der Waals surface area contributed by atoms with Crippen LogP contribution in [-0.4, -0.2) is 14.6 Å². The summed E-state index contributed by atoms with van der Waals surface area (Å²) in [7, 11) is 0. The van der Waals surface area contributed by atoms with Crippen LogP contribution in [0.3, 0.4) is 0 Å². The van der Waals surface area contributed by atoms with Gasteiger partial charge in [-0.3, -0.25) is 0 Å². The molecule has 4 rings (SSSR count). The first-order valence-corrected chi connectivity index (χ1v) is 7.24. The number of fused-ring (bicyclic) bond motifs is 1. The number of aromatic nitrogens is 3. The van der Waals surface area contributed by atoms with E-state index in [9.17, 15) is 4.39 Å². The molecule has 2 atom stereocenters. The van der Waals surface area contributed by atoms with E-state index in [0.717, 1.165) is 17.6 Å². The van der Waals surface area contributed by atoms with Crippen LogP contribution in [0, 0.1) is 17.1 Å². The number of benzene rings is 1. The van der Waals surface area contributed by atoms with Crippen LogP contribution in [0.25, 0.3) is 5.65 Å². The molecule has 0 N–H and O–H groups in total. The van der Waals surface area contributed by atoms with E-state index in [2.05, 4.69) is 16.2 Å². The molecule has 0 unspecified atom stereocenters. The molecule has 4 nitrogen and oxygen atoms in total. The zero-order valence-electron chi connectivity index (χ0n) is 11.4. The number of nitriles is 1. The maximum atomic E-state index is 14.1. The van der Waals surface area contributed by atoms with Gasteiger partial charge in [0.15, 0.2) is 5.65 Å².